The smallest absolute Gasteiger partial charge is 0.462 e. The van der Waals surface area contributed by atoms with Gasteiger partial charge in [0.05, 0.1) is 26.4 Å². The van der Waals surface area contributed by atoms with E-state index in [4.69, 9.17) is 37.0 Å². The van der Waals surface area contributed by atoms with Gasteiger partial charge >= 0.3 is 39.5 Å². The van der Waals surface area contributed by atoms with E-state index in [1.54, 1.807) is 0 Å². The fourth-order valence-corrected chi connectivity index (χ4v) is 11.2. The second kappa shape index (κ2) is 59.0. The minimum absolute atomic E-state index is 0.107. The van der Waals surface area contributed by atoms with Crippen LogP contribution in [0.25, 0.3) is 0 Å². The maximum Gasteiger partial charge on any atom is 0.472 e. The van der Waals surface area contributed by atoms with Crippen molar-refractivity contribution in [2.24, 2.45) is 0 Å². The Balaban J connectivity index is 5.22. The number of ether oxygens (including phenoxy) is 4. The lowest BCUT2D eigenvalue weighted by molar-refractivity contribution is -0.161. The van der Waals surface area contributed by atoms with Crippen molar-refractivity contribution >= 4 is 39.5 Å². The number of aliphatic hydroxyl groups excluding tert-OH is 1. The molecule has 0 aromatic heterocycles. The van der Waals surface area contributed by atoms with Crippen molar-refractivity contribution in [3.63, 3.8) is 0 Å². The monoisotopic (exact) mass is 1230 g/mol. The molecule has 0 rings (SSSR count). The maximum atomic E-state index is 13.0. The van der Waals surface area contributed by atoms with Crippen LogP contribution >= 0.6 is 15.6 Å². The van der Waals surface area contributed by atoms with Gasteiger partial charge in [-0.1, -0.05) is 278 Å². The van der Waals surface area contributed by atoms with Gasteiger partial charge in [-0.15, -0.1) is 0 Å². The lowest BCUT2D eigenvalue weighted by Crippen LogP contribution is -2.30. The van der Waals surface area contributed by atoms with Crippen molar-refractivity contribution in [3.8, 4) is 0 Å². The predicted octanol–water partition coefficient (Wildman–Crippen LogP) is 17.9. The molecule has 0 saturated carbocycles. The first-order valence-electron chi connectivity index (χ1n) is 33.8. The second-order valence-corrected chi connectivity index (χ2v) is 26.1. The molecule has 492 valence electrons. The standard InChI is InChI=1S/C64H124O17P2/c1-5-9-13-17-21-25-28-29-30-32-35-39-43-47-51-64(69)81-60(55-75-62(67)49-45-41-37-34-31-26-22-18-14-10-6-2)57-79-83(72,73)77-53-58(65)52-76-82(70,71)78-56-59(54-74-61(66)48-44-40-36-24-20-16-12-8-4)80-63(68)50-46-42-38-33-27-23-19-15-11-7-3/h58-60,65H,5-57H2,1-4H3,(H,70,71)(H,72,73)/t58-,59+,60+/m0/s1. The molecule has 83 heavy (non-hydrogen) atoms. The number of hydrogen-bond acceptors (Lipinski definition) is 15. The van der Waals surface area contributed by atoms with Crippen LogP contribution < -0.4 is 0 Å². The van der Waals surface area contributed by atoms with Gasteiger partial charge in [-0.2, -0.15) is 0 Å². The number of esters is 4. The van der Waals surface area contributed by atoms with E-state index in [2.05, 4.69) is 27.7 Å². The van der Waals surface area contributed by atoms with Crippen LogP contribution in [0.15, 0.2) is 0 Å². The summed E-state index contributed by atoms with van der Waals surface area (Å²) < 4.78 is 67.9. The summed E-state index contributed by atoms with van der Waals surface area (Å²) in [5, 5.41) is 10.5. The average molecular weight is 1230 g/mol. The molecule has 0 amide bonds. The highest BCUT2D eigenvalue weighted by molar-refractivity contribution is 7.47. The molecule has 0 radical (unpaired) electrons. The highest BCUT2D eigenvalue weighted by Gasteiger charge is 2.30. The maximum absolute atomic E-state index is 13.0. The summed E-state index contributed by atoms with van der Waals surface area (Å²) >= 11 is 0. The summed E-state index contributed by atoms with van der Waals surface area (Å²) in [6.07, 6.45) is 44.3. The minimum atomic E-state index is -4.94. The van der Waals surface area contributed by atoms with Crippen molar-refractivity contribution in [3.05, 3.63) is 0 Å². The molecule has 0 aromatic rings. The molecule has 0 aromatic carbocycles. The third kappa shape index (κ3) is 58.8. The summed E-state index contributed by atoms with van der Waals surface area (Å²) in [6.45, 7) is 4.87. The lowest BCUT2D eigenvalue weighted by Gasteiger charge is -2.21. The van der Waals surface area contributed by atoms with Gasteiger partial charge in [-0.25, -0.2) is 9.13 Å². The van der Waals surface area contributed by atoms with Crippen LogP contribution in [0.4, 0.5) is 0 Å². The van der Waals surface area contributed by atoms with Crippen LogP contribution in [0.2, 0.25) is 0 Å². The minimum Gasteiger partial charge on any atom is -0.462 e. The number of phosphoric ester groups is 2. The first-order valence-corrected chi connectivity index (χ1v) is 36.8. The van der Waals surface area contributed by atoms with E-state index in [1.807, 2.05) is 0 Å². The molecule has 2 unspecified atom stereocenters. The molecule has 0 heterocycles. The Morgan fingerprint density at radius 1 is 0.289 bits per heavy atom. The first-order chi connectivity index (χ1) is 40.2. The van der Waals surface area contributed by atoms with E-state index < -0.39 is 97.5 Å². The predicted molar refractivity (Wildman–Crippen MR) is 331 cm³/mol. The van der Waals surface area contributed by atoms with Crippen LogP contribution in [0.1, 0.15) is 329 Å². The zero-order chi connectivity index (χ0) is 61.2. The van der Waals surface area contributed by atoms with E-state index in [1.165, 1.54) is 154 Å². The van der Waals surface area contributed by atoms with E-state index in [9.17, 15) is 43.2 Å². The number of rotatable bonds is 65. The molecule has 0 fully saturated rings. The molecule has 19 heteroatoms. The Hall–Kier alpha value is -1.94. The molecule has 0 aliphatic rings. The summed E-state index contributed by atoms with van der Waals surface area (Å²) in [5.74, 6) is -2.13. The van der Waals surface area contributed by atoms with Crippen molar-refractivity contribution in [1.82, 2.24) is 0 Å². The van der Waals surface area contributed by atoms with E-state index in [0.717, 1.165) is 96.3 Å². The van der Waals surface area contributed by atoms with Crippen molar-refractivity contribution in [2.75, 3.05) is 39.6 Å². The van der Waals surface area contributed by atoms with E-state index >= 15 is 0 Å². The first kappa shape index (κ1) is 81.1. The SMILES string of the molecule is CCCCCCCCCCCCCCCCC(=O)O[C@H](COC(=O)CCCCCCCCCCCCC)COP(=O)(O)OC[C@@H](O)COP(=O)(O)OC[C@@H](COC(=O)CCCCCCCCCC)OC(=O)CCCCCCCCCCCC. The van der Waals surface area contributed by atoms with Crippen molar-refractivity contribution < 1.29 is 80.2 Å². The Labute approximate surface area is 505 Å². The van der Waals surface area contributed by atoms with E-state index in [-0.39, 0.29) is 25.7 Å². The zero-order valence-corrected chi connectivity index (χ0v) is 54.9. The molecule has 17 nitrogen and oxygen atoms in total. The highest BCUT2D eigenvalue weighted by Crippen LogP contribution is 2.45. The molecule has 0 saturated heterocycles. The molecule has 0 aliphatic heterocycles. The highest BCUT2D eigenvalue weighted by atomic mass is 31.2. The summed E-state index contributed by atoms with van der Waals surface area (Å²) in [5.41, 5.74) is 0. The van der Waals surface area contributed by atoms with Crippen LogP contribution in [0, 0.1) is 0 Å². The summed E-state index contributed by atoms with van der Waals surface area (Å²) in [6, 6.07) is 0. The van der Waals surface area contributed by atoms with Gasteiger partial charge in [0.1, 0.15) is 19.3 Å². The van der Waals surface area contributed by atoms with Gasteiger partial charge in [0.2, 0.25) is 0 Å². The molecule has 3 N–H and O–H groups in total. The molecule has 0 spiro atoms. The molecular weight excluding hydrogens is 1100 g/mol. The Morgan fingerprint density at radius 3 is 0.711 bits per heavy atom. The Kier molecular flexibility index (Phi) is 57.7. The van der Waals surface area contributed by atoms with Gasteiger partial charge in [0.25, 0.3) is 0 Å². The van der Waals surface area contributed by atoms with Gasteiger partial charge in [0, 0.05) is 25.7 Å². The van der Waals surface area contributed by atoms with Crippen molar-refractivity contribution in [2.45, 2.75) is 348 Å². The molecule has 5 atom stereocenters. The number of aliphatic hydroxyl groups is 1. The number of phosphoric acid groups is 2. The molecular formula is C64H124O17P2. The van der Waals surface area contributed by atoms with Gasteiger partial charge in [-0.3, -0.25) is 37.3 Å². The fourth-order valence-electron chi connectivity index (χ4n) is 9.63. The third-order valence-corrected chi connectivity index (χ3v) is 16.8. The number of hydrogen-bond donors (Lipinski definition) is 3. The Bertz CT molecular complexity index is 1600. The van der Waals surface area contributed by atoms with Crippen molar-refractivity contribution in [1.29, 1.82) is 0 Å². The molecule has 0 bridgehead atoms. The topological polar surface area (TPSA) is 237 Å². The van der Waals surface area contributed by atoms with Gasteiger partial charge < -0.3 is 33.8 Å². The number of carbonyl (C=O) groups is 4. The number of unbranched alkanes of at least 4 members (excludes halogenated alkanes) is 39. The van der Waals surface area contributed by atoms with Gasteiger partial charge in [-0.05, 0) is 25.7 Å². The zero-order valence-electron chi connectivity index (χ0n) is 53.2. The van der Waals surface area contributed by atoms with Crippen LogP contribution in [-0.4, -0.2) is 96.7 Å². The normalized spacial score (nSPS) is 14.2. The van der Waals surface area contributed by atoms with Crippen LogP contribution in [0.5, 0.6) is 0 Å². The van der Waals surface area contributed by atoms with Gasteiger partial charge in [0.15, 0.2) is 12.2 Å². The third-order valence-electron chi connectivity index (χ3n) is 14.9. The summed E-state index contributed by atoms with van der Waals surface area (Å²) in [4.78, 5) is 72.1. The van der Waals surface area contributed by atoms with E-state index in [0.29, 0.717) is 25.7 Å². The lowest BCUT2D eigenvalue weighted by atomic mass is 10.0. The second-order valence-electron chi connectivity index (χ2n) is 23.2. The molecule has 0 aliphatic carbocycles. The van der Waals surface area contributed by atoms with Crippen LogP contribution in [0.3, 0.4) is 0 Å². The Morgan fingerprint density at radius 2 is 0.482 bits per heavy atom. The quantitative estimate of drug-likeness (QED) is 0.0222. The summed E-state index contributed by atoms with van der Waals surface area (Å²) in [7, 11) is -9.88. The largest absolute Gasteiger partial charge is 0.472 e. The number of carbonyl (C=O) groups excluding carboxylic acids is 4. The average Bonchev–Trinajstić information content (AvgIpc) is 3.46. The van der Waals surface area contributed by atoms with Crippen LogP contribution in [-0.2, 0) is 65.4 Å². The fraction of sp³-hybridized carbons (Fsp3) is 0.938.